The van der Waals surface area contributed by atoms with E-state index < -0.39 is 11.5 Å². The number of nitrogens with zero attached hydrogens (tertiary/aromatic N) is 1. The molecule has 0 aliphatic rings. The summed E-state index contributed by atoms with van der Waals surface area (Å²) in [5.74, 6) is -0.654. The fourth-order valence-electron chi connectivity index (χ4n) is 2.15. The second-order valence-electron chi connectivity index (χ2n) is 5.07. The van der Waals surface area contributed by atoms with Gasteiger partial charge in [-0.25, -0.2) is 4.79 Å². The molecule has 1 aromatic rings. The number of nitrogens with one attached hydrogen (secondary N) is 1. The van der Waals surface area contributed by atoms with Crippen LogP contribution in [0.5, 0.6) is 0 Å². The summed E-state index contributed by atoms with van der Waals surface area (Å²) in [6.45, 7) is 5.54. The Kier molecular flexibility index (Phi) is 5.67. The zero-order valence-electron chi connectivity index (χ0n) is 12.5. The molecule has 0 saturated heterocycles. The first kappa shape index (κ1) is 16.1. The predicted octanol–water partition coefficient (Wildman–Crippen LogP) is 1.78. The number of carbonyl (C=O) groups excluding carboxylic acids is 2. The Morgan fingerprint density at radius 2 is 2.15 bits per heavy atom. The van der Waals surface area contributed by atoms with E-state index in [1.54, 1.807) is 13.1 Å². The van der Waals surface area contributed by atoms with Crippen LogP contribution in [0.3, 0.4) is 0 Å². The maximum absolute atomic E-state index is 12.1. The lowest BCUT2D eigenvalue weighted by Crippen LogP contribution is -2.53. The van der Waals surface area contributed by atoms with E-state index in [9.17, 15) is 9.59 Å². The first-order valence-corrected chi connectivity index (χ1v) is 6.73. The molecule has 1 atom stereocenters. The number of aromatic nitrogens is 1. The summed E-state index contributed by atoms with van der Waals surface area (Å²) in [5.41, 5.74) is 0.690. The first-order chi connectivity index (χ1) is 9.42. The summed E-state index contributed by atoms with van der Waals surface area (Å²) < 4.78 is 4.77. The van der Waals surface area contributed by atoms with E-state index in [2.05, 4.69) is 10.3 Å². The highest BCUT2D eigenvalue weighted by Crippen LogP contribution is 2.15. The number of aryl methyl sites for hydroxylation is 1. The van der Waals surface area contributed by atoms with Crippen LogP contribution in [0.2, 0.25) is 0 Å². The fourth-order valence-corrected chi connectivity index (χ4v) is 2.15. The lowest BCUT2D eigenvalue weighted by Gasteiger charge is -2.27. The van der Waals surface area contributed by atoms with Crippen LogP contribution in [0, 0.1) is 6.92 Å². The number of pyridine rings is 1. The lowest BCUT2D eigenvalue weighted by molar-refractivity contribution is -0.150. The Labute approximate surface area is 119 Å². The van der Waals surface area contributed by atoms with Crippen molar-refractivity contribution in [2.24, 2.45) is 0 Å². The third-order valence-corrected chi connectivity index (χ3v) is 3.25. The number of rotatable bonds is 6. The quantitative estimate of drug-likeness (QED) is 0.805. The van der Waals surface area contributed by atoms with Crippen molar-refractivity contribution in [2.75, 3.05) is 7.11 Å². The maximum Gasteiger partial charge on any atom is 0.331 e. The number of ether oxygens (including phenoxy) is 1. The average molecular weight is 278 g/mol. The molecule has 1 heterocycles. The molecule has 0 saturated carbocycles. The van der Waals surface area contributed by atoms with Gasteiger partial charge in [-0.1, -0.05) is 19.4 Å². The summed E-state index contributed by atoms with van der Waals surface area (Å²) in [4.78, 5) is 28.1. The molecule has 5 heteroatoms. The van der Waals surface area contributed by atoms with Crippen LogP contribution in [0.25, 0.3) is 0 Å². The molecular formula is C15H22N2O3. The van der Waals surface area contributed by atoms with Crippen molar-refractivity contribution in [3.8, 4) is 0 Å². The molecule has 1 aromatic heterocycles. The van der Waals surface area contributed by atoms with Crippen molar-refractivity contribution in [2.45, 2.75) is 45.6 Å². The minimum Gasteiger partial charge on any atom is -0.467 e. The van der Waals surface area contributed by atoms with Crippen molar-refractivity contribution >= 4 is 11.9 Å². The average Bonchev–Trinajstić information content (AvgIpc) is 2.40. The van der Waals surface area contributed by atoms with Gasteiger partial charge in [-0.05, 0) is 31.9 Å². The third kappa shape index (κ3) is 4.05. The van der Waals surface area contributed by atoms with Crippen LogP contribution in [0.15, 0.2) is 18.3 Å². The van der Waals surface area contributed by atoms with Crippen molar-refractivity contribution in [3.05, 3.63) is 29.6 Å². The standard InChI is InChI=1S/C15H22N2O3/c1-5-8-15(3,14(19)20-4)17-13(18)10-12-11(2)7-6-9-16-12/h6-7,9H,5,8,10H2,1-4H3,(H,17,18). The minimum absolute atomic E-state index is 0.156. The highest BCUT2D eigenvalue weighted by atomic mass is 16.5. The summed E-state index contributed by atoms with van der Waals surface area (Å²) >= 11 is 0. The second kappa shape index (κ2) is 7.03. The molecule has 1 unspecified atom stereocenters. The number of esters is 1. The van der Waals surface area contributed by atoms with E-state index in [-0.39, 0.29) is 12.3 Å². The number of methoxy groups -OCH3 is 1. The molecule has 0 fully saturated rings. The van der Waals surface area contributed by atoms with Gasteiger partial charge in [0.1, 0.15) is 5.54 Å². The molecule has 0 spiro atoms. The van der Waals surface area contributed by atoms with Crippen molar-refractivity contribution in [1.29, 1.82) is 0 Å². The van der Waals surface area contributed by atoms with Gasteiger partial charge in [0.2, 0.25) is 5.91 Å². The predicted molar refractivity (Wildman–Crippen MR) is 76.1 cm³/mol. The van der Waals surface area contributed by atoms with Gasteiger partial charge < -0.3 is 10.1 Å². The zero-order valence-corrected chi connectivity index (χ0v) is 12.5. The first-order valence-electron chi connectivity index (χ1n) is 6.73. The molecule has 1 rings (SSSR count). The Hall–Kier alpha value is -1.91. The van der Waals surface area contributed by atoms with Crippen LogP contribution in [-0.2, 0) is 20.7 Å². The monoisotopic (exact) mass is 278 g/mol. The molecule has 0 bridgehead atoms. The van der Waals surface area contributed by atoms with Gasteiger partial charge in [0, 0.05) is 6.20 Å². The van der Waals surface area contributed by atoms with Gasteiger partial charge in [0.05, 0.1) is 19.2 Å². The van der Waals surface area contributed by atoms with Crippen molar-refractivity contribution in [3.63, 3.8) is 0 Å². The van der Waals surface area contributed by atoms with Gasteiger partial charge in [0.25, 0.3) is 0 Å². The Bertz CT molecular complexity index is 488. The summed E-state index contributed by atoms with van der Waals surface area (Å²) in [7, 11) is 1.32. The lowest BCUT2D eigenvalue weighted by atomic mass is 9.95. The molecule has 1 amide bonds. The van der Waals surface area contributed by atoms with E-state index in [1.165, 1.54) is 7.11 Å². The molecule has 0 aliphatic heterocycles. The second-order valence-corrected chi connectivity index (χ2v) is 5.07. The Balaban J connectivity index is 2.77. The Morgan fingerprint density at radius 1 is 1.45 bits per heavy atom. The van der Waals surface area contributed by atoms with Gasteiger partial charge in [0.15, 0.2) is 0 Å². The highest BCUT2D eigenvalue weighted by molar-refractivity contribution is 5.88. The van der Waals surface area contributed by atoms with Crippen LogP contribution in [0.4, 0.5) is 0 Å². The van der Waals surface area contributed by atoms with Gasteiger partial charge in [-0.15, -0.1) is 0 Å². The Morgan fingerprint density at radius 3 is 2.70 bits per heavy atom. The normalized spacial score (nSPS) is 13.4. The molecule has 110 valence electrons. The van der Waals surface area contributed by atoms with Crippen LogP contribution < -0.4 is 5.32 Å². The smallest absolute Gasteiger partial charge is 0.331 e. The van der Waals surface area contributed by atoms with E-state index in [0.717, 1.165) is 12.0 Å². The SMILES string of the molecule is CCCC(C)(NC(=O)Cc1ncccc1C)C(=O)OC. The fraction of sp³-hybridized carbons (Fsp3) is 0.533. The van der Waals surface area contributed by atoms with E-state index in [1.807, 2.05) is 26.0 Å². The van der Waals surface area contributed by atoms with Gasteiger partial charge >= 0.3 is 5.97 Å². The largest absolute Gasteiger partial charge is 0.467 e. The third-order valence-electron chi connectivity index (χ3n) is 3.25. The van der Waals surface area contributed by atoms with Crippen LogP contribution >= 0.6 is 0 Å². The molecule has 1 N–H and O–H groups in total. The number of carbonyl (C=O) groups is 2. The molecule has 0 aliphatic carbocycles. The molecule has 0 radical (unpaired) electrons. The van der Waals surface area contributed by atoms with Gasteiger partial charge in [-0.3, -0.25) is 9.78 Å². The van der Waals surface area contributed by atoms with Crippen molar-refractivity contribution in [1.82, 2.24) is 10.3 Å². The number of hydrogen-bond acceptors (Lipinski definition) is 4. The topological polar surface area (TPSA) is 68.3 Å². The summed E-state index contributed by atoms with van der Waals surface area (Å²) in [6, 6.07) is 3.73. The summed E-state index contributed by atoms with van der Waals surface area (Å²) in [5, 5.41) is 2.77. The van der Waals surface area contributed by atoms with Crippen LogP contribution in [0.1, 0.15) is 37.9 Å². The van der Waals surface area contributed by atoms with E-state index in [4.69, 9.17) is 4.74 Å². The number of amides is 1. The zero-order chi connectivity index (χ0) is 15.2. The minimum atomic E-state index is -0.983. The maximum atomic E-state index is 12.1. The molecule has 0 aromatic carbocycles. The van der Waals surface area contributed by atoms with E-state index in [0.29, 0.717) is 12.1 Å². The molecule has 5 nitrogen and oxygen atoms in total. The molecular weight excluding hydrogens is 256 g/mol. The van der Waals surface area contributed by atoms with Crippen molar-refractivity contribution < 1.29 is 14.3 Å². The molecule has 20 heavy (non-hydrogen) atoms. The summed E-state index contributed by atoms with van der Waals surface area (Å²) in [6.07, 6.45) is 3.12. The van der Waals surface area contributed by atoms with Crippen LogP contribution in [-0.4, -0.2) is 29.5 Å². The number of hydrogen-bond donors (Lipinski definition) is 1. The highest BCUT2D eigenvalue weighted by Gasteiger charge is 2.35. The van der Waals surface area contributed by atoms with Gasteiger partial charge in [-0.2, -0.15) is 0 Å². The van der Waals surface area contributed by atoms with E-state index >= 15 is 0 Å².